The van der Waals surface area contributed by atoms with E-state index in [4.69, 9.17) is 4.84 Å². The smallest absolute Gasteiger partial charge is 0.374 e. The molecule has 3 amide bonds. The molecule has 0 radical (unpaired) electrons. The minimum Gasteiger partial charge on any atom is -0.374 e. The summed E-state index contributed by atoms with van der Waals surface area (Å²) >= 11 is 0. The van der Waals surface area contributed by atoms with Crippen LogP contribution in [0.1, 0.15) is 33.5 Å². The molecular formula is C24H18F7N3O4. The molecule has 7 nitrogen and oxygen atoms in total. The number of amides is 3. The van der Waals surface area contributed by atoms with Crippen molar-refractivity contribution >= 4 is 23.4 Å². The molecule has 2 aromatic rings. The van der Waals surface area contributed by atoms with Crippen molar-refractivity contribution in [2.75, 3.05) is 19.6 Å². The Kier molecular flexibility index (Phi) is 6.70. The largest absolute Gasteiger partial charge is 0.435 e. The summed E-state index contributed by atoms with van der Waals surface area (Å²) in [6.45, 7) is -1.82. The highest BCUT2D eigenvalue weighted by Crippen LogP contribution is 2.48. The molecule has 2 aliphatic rings. The quantitative estimate of drug-likeness (QED) is 0.429. The molecule has 1 fully saturated rings. The SMILES string of the molecule is Cc1cc(C2=NOC(c3ccc(F)cc3)(C(F)(F)F)C2)ccc1C(=O)N1CC(=O)N(CC(F)(F)F)C(=O)C1. The number of halogens is 7. The van der Waals surface area contributed by atoms with Crippen molar-refractivity contribution in [3.8, 4) is 0 Å². The molecule has 1 atom stereocenters. The second-order valence-corrected chi connectivity index (χ2v) is 8.82. The van der Waals surface area contributed by atoms with E-state index in [0.29, 0.717) is 0 Å². The van der Waals surface area contributed by atoms with Gasteiger partial charge in [0.05, 0.1) is 5.71 Å². The van der Waals surface area contributed by atoms with Gasteiger partial charge in [-0.05, 0) is 42.3 Å². The number of carbonyl (C=O) groups is 3. The number of aryl methyl sites for hydroxylation is 1. The maximum absolute atomic E-state index is 14.1. The number of hydrogen-bond donors (Lipinski definition) is 0. The molecule has 0 bridgehead atoms. The molecule has 0 saturated carbocycles. The third kappa shape index (κ3) is 5.07. The van der Waals surface area contributed by atoms with Gasteiger partial charge in [-0.1, -0.05) is 23.4 Å². The molecule has 0 N–H and O–H groups in total. The summed E-state index contributed by atoms with van der Waals surface area (Å²) in [5.41, 5.74) is -2.88. The van der Waals surface area contributed by atoms with E-state index in [9.17, 15) is 45.1 Å². The second-order valence-electron chi connectivity index (χ2n) is 8.82. The topological polar surface area (TPSA) is 79.3 Å². The first kappa shape index (κ1) is 27.1. The van der Waals surface area contributed by atoms with Crippen LogP contribution in [0.5, 0.6) is 0 Å². The first-order chi connectivity index (χ1) is 17.6. The third-order valence-corrected chi connectivity index (χ3v) is 6.17. The van der Waals surface area contributed by atoms with Gasteiger partial charge in [0, 0.05) is 17.5 Å². The minimum absolute atomic E-state index is 0.0150. The highest BCUT2D eigenvalue weighted by molar-refractivity contribution is 6.07. The second kappa shape index (κ2) is 9.40. The summed E-state index contributed by atoms with van der Waals surface area (Å²) in [5, 5.41) is 3.61. The van der Waals surface area contributed by atoms with Gasteiger partial charge in [-0.15, -0.1) is 0 Å². The normalized spacial score (nSPS) is 20.5. The number of alkyl halides is 6. The molecule has 1 saturated heterocycles. The number of rotatable bonds is 4. The zero-order valence-electron chi connectivity index (χ0n) is 19.5. The Hall–Kier alpha value is -3.97. The molecule has 14 heteroatoms. The summed E-state index contributed by atoms with van der Waals surface area (Å²) < 4.78 is 93.4. The van der Waals surface area contributed by atoms with Gasteiger partial charge in [0.25, 0.3) is 11.5 Å². The van der Waals surface area contributed by atoms with E-state index in [1.165, 1.54) is 25.1 Å². The van der Waals surface area contributed by atoms with Gasteiger partial charge in [0.15, 0.2) is 0 Å². The number of imide groups is 1. The Morgan fingerprint density at radius 3 is 2.13 bits per heavy atom. The molecule has 0 spiro atoms. The zero-order valence-corrected chi connectivity index (χ0v) is 19.5. The van der Waals surface area contributed by atoms with E-state index >= 15 is 0 Å². The number of piperazine rings is 1. The van der Waals surface area contributed by atoms with Crippen molar-refractivity contribution in [3.63, 3.8) is 0 Å². The van der Waals surface area contributed by atoms with Crippen molar-refractivity contribution in [2.45, 2.75) is 31.3 Å². The van der Waals surface area contributed by atoms with E-state index in [1.807, 2.05) is 0 Å². The lowest BCUT2D eigenvalue weighted by Crippen LogP contribution is -2.57. The fraction of sp³-hybridized carbons (Fsp3) is 0.333. The fourth-order valence-corrected chi connectivity index (χ4v) is 4.22. The molecule has 2 heterocycles. The summed E-state index contributed by atoms with van der Waals surface area (Å²) in [5.74, 6) is -3.93. The predicted molar refractivity (Wildman–Crippen MR) is 116 cm³/mol. The molecular weight excluding hydrogens is 527 g/mol. The first-order valence-corrected chi connectivity index (χ1v) is 11.0. The number of nitrogens with zero attached hydrogens (tertiary/aromatic N) is 3. The lowest BCUT2D eigenvalue weighted by atomic mass is 9.86. The maximum Gasteiger partial charge on any atom is 0.435 e. The predicted octanol–water partition coefficient (Wildman–Crippen LogP) is 4.09. The Balaban J connectivity index is 1.53. The van der Waals surface area contributed by atoms with Crippen LogP contribution < -0.4 is 0 Å². The van der Waals surface area contributed by atoms with Crippen LogP contribution in [-0.4, -0.2) is 65.2 Å². The van der Waals surface area contributed by atoms with E-state index < -0.39 is 67.5 Å². The molecule has 0 aliphatic carbocycles. The van der Waals surface area contributed by atoms with Crippen LogP contribution in [0.3, 0.4) is 0 Å². The van der Waals surface area contributed by atoms with E-state index in [1.54, 1.807) is 0 Å². The number of oxime groups is 1. The average Bonchev–Trinajstić information content (AvgIpc) is 3.28. The molecule has 2 aliphatic heterocycles. The van der Waals surface area contributed by atoms with Gasteiger partial charge in [-0.3, -0.25) is 19.3 Å². The number of carbonyl (C=O) groups excluding carboxylic acids is 3. The maximum atomic E-state index is 14.1. The molecule has 1 unspecified atom stereocenters. The third-order valence-electron chi connectivity index (χ3n) is 6.17. The van der Waals surface area contributed by atoms with Crippen LogP contribution in [0.4, 0.5) is 30.7 Å². The van der Waals surface area contributed by atoms with Gasteiger partial charge in [-0.2, -0.15) is 26.3 Å². The van der Waals surface area contributed by atoms with E-state index in [0.717, 1.165) is 29.2 Å². The lowest BCUT2D eigenvalue weighted by Gasteiger charge is -2.33. The van der Waals surface area contributed by atoms with Crippen LogP contribution >= 0.6 is 0 Å². The van der Waals surface area contributed by atoms with Crippen molar-refractivity contribution in [1.29, 1.82) is 0 Å². The van der Waals surface area contributed by atoms with Crippen LogP contribution in [0.25, 0.3) is 0 Å². The van der Waals surface area contributed by atoms with Gasteiger partial charge in [0.1, 0.15) is 25.5 Å². The van der Waals surface area contributed by atoms with Crippen molar-refractivity contribution < 1.29 is 50.0 Å². The van der Waals surface area contributed by atoms with Crippen LogP contribution in [0, 0.1) is 12.7 Å². The summed E-state index contributed by atoms with van der Waals surface area (Å²) in [7, 11) is 0. The Morgan fingerprint density at radius 1 is 1.00 bits per heavy atom. The molecule has 0 aromatic heterocycles. The highest BCUT2D eigenvalue weighted by Gasteiger charge is 2.62. The molecule has 202 valence electrons. The molecule has 38 heavy (non-hydrogen) atoms. The number of hydrogen-bond acceptors (Lipinski definition) is 5. The van der Waals surface area contributed by atoms with E-state index in [-0.39, 0.29) is 32.9 Å². The average molecular weight is 545 g/mol. The minimum atomic E-state index is -4.91. The molecule has 4 rings (SSSR count). The first-order valence-electron chi connectivity index (χ1n) is 11.0. The van der Waals surface area contributed by atoms with Gasteiger partial charge >= 0.3 is 12.4 Å². The van der Waals surface area contributed by atoms with Gasteiger partial charge in [-0.25, -0.2) is 4.39 Å². The number of benzene rings is 2. The lowest BCUT2D eigenvalue weighted by molar-refractivity contribution is -0.275. The van der Waals surface area contributed by atoms with E-state index in [2.05, 4.69) is 5.16 Å². The molecule has 2 aromatic carbocycles. The zero-order chi connectivity index (χ0) is 28.0. The van der Waals surface area contributed by atoms with Crippen LogP contribution in [0.15, 0.2) is 47.6 Å². The van der Waals surface area contributed by atoms with Crippen molar-refractivity contribution in [3.05, 3.63) is 70.5 Å². The van der Waals surface area contributed by atoms with Crippen molar-refractivity contribution in [2.24, 2.45) is 5.16 Å². The monoisotopic (exact) mass is 545 g/mol. The Labute approximate surface area is 210 Å². The highest BCUT2D eigenvalue weighted by atomic mass is 19.4. The Bertz CT molecular complexity index is 1300. The van der Waals surface area contributed by atoms with Gasteiger partial charge < -0.3 is 9.74 Å². The fourth-order valence-electron chi connectivity index (χ4n) is 4.22. The summed E-state index contributed by atoms with van der Waals surface area (Å²) in [4.78, 5) is 42.8. The van der Waals surface area contributed by atoms with Crippen LogP contribution in [-0.2, 0) is 20.0 Å². The van der Waals surface area contributed by atoms with Crippen LogP contribution in [0.2, 0.25) is 0 Å². The van der Waals surface area contributed by atoms with Gasteiger partial charge in [0.2, 0.25) is 11.8 Å². The standard InChI is InChI=1S/C24H18F7N3O4/c1-13-8-14(18-9-22(38-32-18,24(29,30)31)15-3-5-16(25)6-4-15)2-7-17(13)21(37)33-10-19(35)34(20(36)11-33)12-23(26,27)28/h2-8H,9-12H2,1H3. The Morgan fingerprint density at radius 2 is 1.61 bits per heavy atom. The van der Waals surface area contributed by atoms with Crippen molar-refractivity contribution in [1.82, 2.24) is 9.80 Å². The summed E-state index contributed by atoms with van der Waals surface area (Å²) in [6, 6.07) is 7.54. The summed E-state index contributed by atoms with van der Waals surface area (Å²) in [6.07, 6.45) is -10.4.